The minimum absolute atomic E-state index is 0.127. The van der Waals surface area contributed by atoms with Gasteiger partial charge in [0, 0.05) is 11.4 Å². The first-order chi connectivity index (χ1) is 9.13. The lowest BCUT2D eigenvalue weighted by Crippen LogP contribution is -2.23. The molecule has 0 saturated heterocycles. The van der Waals surface area contributed by atoms with E-state index in [9.17, 15) is 4.79 Å². The zero-order valence-corrected chi connectivity index (χ0v) is 12.8. The van der Waals surface area contributed by atoms with Crippen molar-refractivity contribution in [2.24, 2.45) is 0 Å². The first-order valence-electron chi connectivity index (χ1n) is 7.11. The van der Waals surface area contributed by atoms with Gasteiger partial charge >= 0.3 is 0 Å². The van der Waals surface area contributed by atoms with E-state index < -0.39 is 0 Å². The molecule has 0 saturated carbocycles. The molecule has 0 radical (unpaired) electrons. The molecule has 0 N–H and O–H groups in total. The summed E-state index contributed by atoms with van der Waals surface area (Å²) >= 11 is 1.60. The first-order valence-corrected chi connectivity index (χ1v) is 7.92. The van der Waals surface area contributed by atoms with E-state index in [4.69, 9.17) is 0 Å². The molecule has 0 fully saturated rings. The highest BCUT2D eigenvalue weighted by atomic mass is 32.1. The highest BCUT2D eigenvalue weighted by Gasteiger charge is 2.10. The van der Waals surface area contributed by atoms with E-state index in [2.05, 4.69) is 11.9 Å². The monoisotopic (exact) mass is 278 g/mol. The summed E-state index contributed by atoms with van der Waals surface area (Å²) in [5.41, 5.74) is 0.127. The van der Waals surface area contributed by atoms with Gasteiger partial charge in [0.25, 0.3) is 5.56 Å². The van der Waals surface area contributed by atoms with E-state index in [1.165, 1.54) is 25.7 Å². The van der Waals surface area contributed by atoms with Gasteiger partial charge in [0.2, 0.25) is 0 Å². The summed E-state index contributed by atoms with van der Waals surface area (Å²) < 4.78 is 1.83. The van der Waals surface area contributed by atoms with Crippen molar-refractivity contribution >= 4 is 21.6 Å². The third kappa shape index (κ3) is 3.24. The number of hydrogen-bond acceptors (Lipinski definition) is 3. The molecule has 2 aromatic heterocycles. The molecule has 0 bridgehead atoms. The third-order valence-corrected chi connectivity index (χ3v) is 4.39. The van der Waals surface area contributed by atoms with E-state index in [1.54, 1.807) is 11.3 Å². The topological polar surface area (TPSA) is 34.9 Å². The number of fused-ring (bicyclic) bond motifs is 1. The van der Waals surface area contributed by atoms with Crippen LogP contribution in [-0.4, -0.2) is 9.55 Å². The van der Waals surface area contributed by atoms with Crippen molar-refractivity contribution in [2.75, 3.05) is 0 Å². The predicted molar refractivity (Wildman–Crippen MR) is 82.1 cm³/mol. The van der Waals surface area contributed by atoms with Gasteiger partial charge in [0.15, 0.2) is 0 Å². The lowest BCUT2D eigenvalue weighted by molar-refractivity contribution is 0.546. The van der Waals surface area contributed by atoms with Gasteiger partial charge in [-0.15, -0.1) is 11.3 Å². The van der Waals surface area contributed by atoms with Crippen LogP contribution in [0.4, 0.5) is 0 Å². The number of aromatic nitrogens is 2. The van der Waals surface area contributed by atoms with E-state index in [0.717, 1.165) is 33.9 Å². The van der Waals surface area contributed by atoms with Crippen molar-refractivity contribution in [1.82, 2.24) is 9.55 Å². The molecule has 4 heteroatoms. The van der Waals surface area contributed by atoms with Gasteiger partial charge in [-0.1, -0.05) is 32.6 Å². The second kappa shape index (κ2) is 6.33. The number of aryl methyl sites for hydroxylation is 2. The number of unbranched alkanes of at least 4 members (excludes halogenated alkanes) is 4. The van der Waals surface area contributed by atoms with Gasteiger partial charge in [0.1, 0.15) is 10.7 Å². The van der Waals surface area contributed by atoms with Crippen LogP contribution in [0, 0.1) is 13.8 Å². The van der Waals surface area contributed by atoms with Crippen LogP contribution < -0.4 is 5.56 Å². The van der Waals surface area contributed by atoms with E-state index >= 15 is 0 Å². The molecule has 2 heterocycles. The maximum absolute atomic E-state index is 12.4. The molecule has 0 aliphatic rings. The van der Waals surface area contributed by atoms with E-state index in [0.29, 0.717) is 0 Å². The number of thiophene rings is 1. The van der Waals surface area contributed by atoms with Gasteiger partial charge < -0.3 is 0 Å². The van der Waals surface area contributed by atoms with Gasteiger partial charge in [-0.2, -0.15) is 0 Å². The molecule has 2 aromatic rings. The maximum atomic E-state index is 12.4. The fourth-order valence-electron chi connectivity index (χ4n) is 2.37. The molecule has 0 spiro atoms. The van der Waals surface area contributed by atoms with E-state index in [1.807, 2.05) is 24.5 Å². The normalized spacial score (nSPS) is 11.3. The summed E-state index contributed by atoms with van der Waals surface area (Å²) in [7, 11) is 0. The molecule has 0 amide bonds. The Labute approximate surface area is 118 Å². The molecule has 3 nitrogen and oxygen atoms in total. The van der Waals surface area contributed by atoms with Crippen LogP contribution in [0.5, 0.6) is 0 Å². The average molecular weight is 278 g/mol. The first kappa shape index (κ1) is 14.3. The zero-order valence-electron chi connectivity index (χ0n) is 12.0. The SMILES string of the molecule is CCCCCCCn1c(C)nc2sc(C)cc2c1=O. The smallest absolute Gasteiger partial charge is 0.262 e. The zero-order chi connectivity index (χ0) is 13.8. The Morgan fingerprint density at radius 3 is 2.68 bits per heavy atom. The van der Waals surface area contributed by atoms with Crippen LogP contribution in [0.1, 0.15) is 49.7 Å². The molecule has 0 atom stereocenters. The minimum atomic E-state index is 0.127. The van der Waals surface area contributed by atoms with Gasteiger partial charge in [0.05, 0.1) is 5.39 Å². The standard InChI is InChI=1S/C15H22N2OS/c1-4-5-6-7-8-9-17-12(3)16-14-13(15(17)18)10-11(2)19-14/h10H,4-9H2,1-3H3. The molecule has 0 unspecified atom stereocenters. The van der Waals surface area contributed by atoms with Gasteiger partial charge in [-0.25, -0.2) is 4.98 Å². The molecule has 0 aliphatic heterocycles. The van der Waals surface area contributed by atoms with Crippen molar-refractivity contribution in [3.8, 4) is 0 Å². The lowest BCUT2D eigenvalue weighted by Gasteiger charge is -2.09. The Morgan fingerprint density at radius 1 is 1.21 bits per heavy atom. The Hall–Kier alpha value is -1.16. The van der Waals surface area contributed by atoms with Crippen molar-refractivity contribution < 1.29 is 0 Å². The molecular weight excluding hydrogens is 256 g/mol. The second-order valence-electron chi connectivity index (χ2n) is 5.11. The molecular formula is C15H22N2OS. The van der Waals surface area contributed by atoms with Crippen LogP contribution in [-0.2, 0) is 6.54 Å². The summed E-state index contributed by atoms with van der Waals surface area (Å²) in [5.74, 6) is 0.842. The fraction of sp³-hybridized carbons (Fsp3) is 0.600. The van der Waals surface area contributed by atoms with Crippen molar-refractivity contribution in [2.45, 2.75) is 59.4 Å². The number of nitrogens with zero attached hydrogens (tertiary/aromatic N) is 2. The average Bonchev–Trinajstić information content (AvgIpc) is 2.73. The van der Waals surface area contributed by atoms with Crippen molar-refractivity contribution in [3.63, 3.8) is 0 Å². The lowest BCUT2D eigenvalue weighted by atomic mass is 10.1. The minimum Gasteiger partial charge on any atom is -0.296 e. The predicted octanol–water partition coefficient (Wildman–Crippen LogP) is 4.05. The summed E-state index contributed by atoms with van der Waals surface area (Å²) in [6.45, 7) is 6.97. The molecule has 19 heavy (non-hydrogen) atoms. The van der Waals surface area contributed by atoms with Gasteiger partial charge in [-0.3, -0.25) is 9.36 Å². The molecule has 0 aliphatic carbocycles. The summed E-state index contributed by atoms with van der Waals surface area (Å²) in [5, 5.41) is 0.779. The summed E-state index contributed by atoms with van der Waals surface area (Å²) in [6, 6.07) is 1.96. The Morgan fingerprint density at radius 2 is 1.95 bits per heavy atom. The Balaban J connectivity index is 2.16. The molecule has 0 aromatic carbocycles. The Bertz CT molecular complexity index is 612. The quantitative estimate of drug-likeness (QED) is 0.747. The van der Waals surface area contributed by atoms with Crippen LogP contribution in [0.25, 0.3) is 10.2 Å². The highest BCUT2D eigenvalue weighted by Crippen LogP contribution is 2.20. The van der Waals surface area contributed by atoms with Crippen molar-refractivity contribution in [3.05, 3.63) is 27.1 Å². The number of hydrogen-bond donors (Lipinski definition) is 0. The molecule has 104 valence electrons. The summed E-state index contributed by atoms with van der Waals surface area (Å²) in [4.78, 5) is 19.0. The molecule has 2 rings (SSSR count). The highest BCUT2D eigenvalue weighted by molar-refractivity contribution is 7.18. The van der Waals surface area contributed by atoms with E-state index in [-0.39, 0.29) is 5.56 Å². The van der Waals surface area contributed by atoms with Crippen LogP contribution in [0.2, 0.25) is 0 Å². The summed E-state index contributed by atoms with van der Waals surface area (Å²) in [6.07, 6.45) is 6.06. The van der Waals surface area contributed by atoms with Crippen molar-refractivity contribution in [1.29, 1.82) is 0 Å². The van der Waals surface area contributed by atoms with Crippen LogP contribution >= 0.6 is 11.3 Å². The van der Waals surface area contributed by atoms with Crippen LogP contribution in [0.3, 0.4) is 0 Å². The number of rotatable bonds is 6. The van der Waals surface area contributed by atoms with Gasteiger partial charge in [-0.05, 0) is 26.3 Å². The largest absolute Gasteiger partial charge is 0.296 e. The van der Waals surface area contributed by atoms with Crippen LogP contribution in [0.15, 0.2) is 10.9 Å². The second-order valence-corrected chi connectivity index (χ2v) is 6.34. The Kier molecular flexibility index (Phi) is 4.75. The third-order valence-electron chi connectivity index (χ3n) is 3.45. The maximum Gasteiger partial charge on any atom is 0.262 e. The fourth-order valence-corrected chi connectivity index (χ4v) is 3.29.